The zero-order chi connectivity index (χ0) is 9.33. The lowest BCUT2D eigenvalue weighted by molar-refractivity contribution is 0.484. The Bertz CT molecular complexity index is 151. The van der Waals surface area contributed by atoms with Crippen LogP contribution in [0.2, 0.25) is 0 Å². The molecule has 0 bridgehead atoms. The van der Waals surface area contributed by atoms with Gasteiger partial charge < -0.3 is 5.32 Å². The van der Waals surface area contributed by atoms with Gasteiger partial charge in [-0.05, 0) is 26.9 Å². The Balaban J connectivity index is 0. The fraction of sp³-hybridized carbons (Fsp3) is 1.00. The normalized spacial score (nSPS) is 10.2. The second kappa shape index (κ2) is 7.97. The molecule has 0 aromatic heterocycles. The van der Waals surface area contributed by atoms with Gasteiger partial charge in [0.25, 0.3) is 10.1 Å². The Labute approximate surface area is 68.7 Å². The van der Waals surface area contributed by atoms with Crippen LogP contribution in [0.15, 0.2) is 0 Å². The van der Waals surface area contributed by atoms with Crippen LogP contribution in [0.4, 0.5) is 0 Å². The fourth-order valence-electron chi connectivity index (χ4n) is 0.250. The molecule has 0 saturated carbocycles. The quantitative estimate of drug-likeness (QED) is 0.626. The molecule has 0 atom stereocenters. The lowest BCUT2D eigenvalue weighted by Crippen LogP contribution is -2.04. The summed E-state index contributed by atoms with van der Waals surface area (Å²) in [6, 6.07) is 0. The van der Waals surface area contributed by atoms with Crippen molar-refractivity contribution in [3.63, 3.8) is 0 Å². The van der Waals surface area contributed by atoms with Crippen molar-refractivity contribution in [2.45, 2.75) is 20.3 Å². The molecule has 0 aliphatic heterocycles. The van der Waals surface area contributed by atoms with Crippen LogP contribution >= 0.6 is 0 Å². The monoisotopic (exact) mass is 183 g/mol. The highest BCUT2D eigenvalue weighted by Crippen LogP contribution is 1.74. The first-order valence-electron chi connectivity index (χ1n) is 3.57. The third kappa shape index (κ3) is 25.8. The maximum absolute atomic E-state index is 9.56. The molecule has 2 N–H and O–H groups in total. The molecule has 0 aromatic rings. The number of hydrogen-bond donors (Lipinski definition) is 2. The van der Waals surface area contributed by atoms with Crippen molar-refractivity contribution < 1.29 is 13.0 Å². The lowest BCUT2D eigenvalue weighted by atomic mass is 10.5. The molecule has 11 heavy (non-hydrogen) atoms. The Morgan fingerprint density at radius 3 is 1.73 bits per heavy atom. The molecule has 0 fully saturated rings. The Morgan fingerprint density at radius 2 is 1.73 bits per heavy atom. The topological polar surface area (TPSA) is 66.4 Å². The summed E-state index contributed by atoms with van der Waals surface area (Å²) in [5.74, 6) is -0.201. The van der Waals surface area contributed by atoms with E-state index in [1.165, 1.54) is 13.3 Å². The van der Waals surface area contributed by atoms with Crippen molar-refractivity contribution in [1.82, 2.24) is 5.32 Å². The van der Waals surface area contributed by atoms with Crippen LogP contribution in [0.5, 0.6) is 0 Å². The third-order valence-electron chi connectivity index (χ3n) is 0.865. The molecule has 0 aromatic carbocycles. The molecular weight excluding hydrogens is 166 g/mol. The van der Waals surface area contributed by atoms with Gasteiger partial charge in [-0.15, -0.1) is 0 Å². The summed E-state index contributed by atoms with van der Waals surface area (Å²) in [5, 5.41) is 3.02. The van der Waals surface area contributed by atoms with Crippen LogP contribution < -0.4 is 5.32 Å². The highest BCUT2D eigenvalue weighted by Gasteiger charge is 1.93. The average Bonchev–Trinajstić information content (AvgIpc) is 1.90. The molecule has 0 unspecified atom stereocenters. The standard InChI is InChI=1S/C4H11N.C2H6O3S/c1-3-4-5-2;1-2-6(3,4)5/h5H,3-4H2,1-2H3;2H2,1H3,(H,3,4,5). The molecular formula is C6H17NO3S. The smallest absolute Gasteiger partial charge is 0.264 e. The molecule has 70 valence electrons. The van der Waals surface area contributed by atoms with E-state index in [0.29, 0.717) is 0 Å². The van der Waals surface area contributed by atoms with Crippen LogP contribution in [-0.4, -0.2) is 32.3 Å². The second-order valence-corrected chi connectivity index (χ2v) is 3.72. The van der Waals surface area contributed by atoms with Gasteiger partial charge in [0.05, 0.1) is 5.75 Å². The van der Waals surface area contributed by atoms with Crippen LogP contribution in [0, 0.1) is 0 Å². The van der Waals surface area contributed by atoms with Gasteiger partial charge in [0, 0.05) is 0 Å². The van der Waals surface area contributed by atoms with E-state index in [1.807, 2.05) is 7.05 Å². The molecule has 0 aliphatic carbocycles. The van der Waals surface area contributed by atoms with E-state index in [-0.39, 0.29) is 5.75 Å². The molecule has 0 radical (unpaired) electrons. The summed E-state index contributed by atoms with van der Waals surface area (Å²) >= 11 is 0. The zero-order valence-corrected chi connectivity index (χ0v) is 8.11. The second-order valence-electron chi connectivity index (χ2n) is 1.97. The molecule has 0 heterocycles. The van der Waals surface area contributed by atoms with Crippen LogP contribution in [0.1, 0.15) is 20.3 Å². The van der Waals surface area contributed by atoms with Gasteiger partial charge in [-0.2, -0.15) is 8.42 Å². The Kier molecular flexibility index (Phi) is 9.75. The minimum Gasteiger partial charge on any atom is -0.320 e. The highest BCUT2D eigenvalue weighted by atomic mass is 32.2. The predicted octanol–water partition coefficient (Wildman–Crippen LogP) is 0.510. The van der Waals surface area contributed by atoms with Gasteiger partial charge >= 0.3 is 0 Å². The van der Waals surface area contributed by atoms with Crippen molar-refractivity contribution in [3.05, 3.63) is 0 Å². The van der Waals surface area contributed by atoms with Crippen molar-refractivity contribution in [2.24, 2.45) is 0 Å². The maximum Gasteiger partial charge on any atom is 0.264 e. The van der Waals surface area contributed by atoms with Crippen LogP contribution in [0.3, 0.4) is 0 Å². The van der Waals surface area contributed by atoms with Gasteiger partial charge in [-0.1, -0.05) is 6.92 Å². The van der Waals surface area contributed by atoms with Crippen LogP contribution in [0.25, 0.3) is 0 Å². The summed E-state index contributed by atoms with van der Waals surface area (Å²) in [4.78, 5) is 0. The Hall–Kier alpha value is -0.130. The summed E-state index contributed by atoms with van der Waals surface area (Å²) in [6.07, 6.45) is 1.23. The molecule has 0 saturated heterocycles. The molecule has 0 rings (SSSR count). The van der Waals surface area contributed by atoms with Gasteiger partial charge in [0.2, 0.25) is 0 Å². The van der Waals surface area contributed by atoms with E-state index in [4.69, 9.17) is 4.55 Å². The minimum absolute atomic E-state index is 0.201. The third-order valence-corrected chi connectivity index (χ3v) is 1.59. The Morgan fingerprint density at radius 1 is 1.36 bits per heavy atom. The number of hydrogen-bond acceptors (Lipinski definition) is 3. The largest absolute Gasteiger partial charge is 0.320 e. The zero-order valence-electron chi connectivity index (χ0n) is 7.29. The van der Waals surface area contributed by atoms with Crippen molar-refractivity contribution in [2.75, 3.05) is 19.3 Å². The van der Waals surface area contributed by atoms with E-state index in [9.17, 15) is 8.42 Å². The molecule has 0 spiro atoms. The number of nitrogens with one attached hydrogen (secondary N) is 1. The lowest BCUT2D eigenvalue weighted by Gasteiger charge is -1.84. The summed E-state index contributed by atoms with van der Waals surface area (Å²) in [5.41, 5.74) is 0. The maximum atomic E-state index is 9.56. The van der Waals surface area contributed by atoms with E-state index in [0.717, 1.165) is 6.54 Å². The highest BCUT2D eigenvalue weighted by molar-refractivity contribution is 7.85. The summed E-state index contributed by atoms with van der Waals surface area (Å²) < 4.78 is 26.9. The van der Waals surface area contributed by atoms with E-state index < -0.39 is 10.1 Å². The summed E-state index contributed by atoms with van der Waals surface area (Å²) in [7, 11) is -1.70. The van der Waals surface area contributed by atoms with Crippen molar-refractivity contribution >= 4 is 10.1 Å². The average molecular weight is 183 g/mol. The van der Waals surface area contributed by atoms with Gasteiger partial charge in [-0.3, -0.25) is 4.55 Å². The van der Waals surface area contributed by atoms with Crippen molar-refractivity contribution in [1.29, 1.82) is 0 Å². The minimum atomic E-state index is -3.66. The van der Waals surface area contributed by atoms with E-state index in [1.54, 1.807) is 0 Å². The summed E-state index contributed by atoms with van der Waals surface area (Å²) in [6.45, 7) is 4.66. The SMILES string of the molecule is CCCNC.CCS(=O)(=O)O. The van der Waals surface area contributed by atoms with Crippen LogP contribution in [-0.2, 0) is 10.1 Å². The molecule has 0 amide bonds. The van der Waals surface area contributed by atoms with Gasteiger partial charge in [0.1, 0.15) is 0 Å². The molecule has 5 heteroatoms. The molecule has 4 nitrogen and oxygen atoms in total. The van der Waals surface area contributed by atoms with Gasteiger partial charge in [-0.25, -0.2) is 0 Å². The predicted molar refractivity (Wildman–Crippen MR) is 46.3 cm³/mol. The van der Waals surface area contributed by atoms with E-state index in [2.05, 4.69) is 12.2 Å². The number of rotatable bonds is 3. The fourth-order valence-corrected chi connectivity index (χ4v) is 0.250. The first kappa shape index (κ1) is 13.5. The first-order chi connectivity index (χ1) is 4.97. The van der Waals surface area contributed by atoms with E-state index >= 15 is 0 Å². The van der Waals surface area contributed by atoms with Gasteiger partial charge in [0.15, 0.2) is 0 Å². The van der Waals surface area contributed by atoms with Crippen molar-refractivity contribution in [3.8, 4) is 0 Å². The first-order valence-corrected chi connectivity index (χ1v) is 5.18. The molecule has 0 aliphatic rings.